The first-order valence-corrected chi connectivity index (χ1v) is 6.83. The minimum absolute atomic E-state index is 0.0950. The number of hydrogen-bond donors (Lipinski definition) is 2. The largest absolute Gasteiger partial charge is 0.381 e. The lowest BCUT2D eigenvalue weighted by atomic mass is 9.93. The molecular formula is C13H24N2O2. The zero-order valence-electron chi connectivity index (χ0n) is 10.5. The molecule has 98 valence electrons. The van der Waals surface area contributed by atoms with Crippen molar-refractivity contribution >= 4 is 5.91 Å². The molecule has 0 aromatic rings. The summed E-state index contributed by atoms with van der Waals surface area (Å²) in [5.41, 5.74) is 5.72. The first kappa shape index (κ1) is 12.8. The van der Waals surface area contributed by atoms with Gasteiger partial charge in [-0.1, -0.05) is 12.8 Å². The van der Waals surface area contributed by atoms with Gasteiger partial charge < -0.3 is 15.8 Å². The Morgan fingerprint density at radius 2 is 1.94 bits per heavy atom. The number of carbonyl (C=O) groups is 1. The third kappa shape index (κ3) is 3.42. The summed E-state index contributed by atoms with van der Waals surface area (Å²) in [6.45, 7) is 2.19. The van der Waals surface area contributed by atoms with Gasteiger partial charge in [0.2, 0.25) is 5.91 Å². The summed E-state index contributed by atoms with van der Waals surface area (Å²) >= 11 is 0. The van der Waals surface area contributed by atoms with Crippen LogP contribution in [0.2, 0.25) is 0 Å². The van der Waals surface area contributed by atoms with E-state index in [4.69, 9.17) is 10.5 Å². The molecule has 0 atom stereocenters. The van der Waals surface area contributed by atoms with Crippen LogP contribution in [-0.4, -0.2) is 31.2 Å². The number of carbonyl (C=O) groups excluding carboxylic acids is 1. The van der Waals surface area contributed by atoms with Crippen molar-refractivity contribution in [3.63, 3.8) is 0 Å². The summed E-state index contributed by atoms with van der Waals surface area (Å²) in [5, 5.41) is 3.18. The van der Waals surface area contributed by atoms with Crippen molar-refractivity contribution in [2.45, 2.75) is 50.5 Å². The van der Waals surface area contributed by atoms with Gasteiger partial charge in [-0.3, -0.25) is 4.79 Å². The quantitative estimate of drug-likeness (QED) is 0.776. The number of hydrogen-bond acceptors (Lipinski definition) is 3. The van der Waals surface area contributed by atoms with Crippen molar-refractivity contribution in [2.24, 2.45) is 11.7 Å². The maximum atomic E-state index is 12.0. The normalized spacial score (nSPS) is 24.8. The van der Waals surface area contributed by atoms with Crippen LogP contribution in [0.1, 0.15) is 44.9 Å². The van der Waals surface area contributed by atoms with Crippen LogP contribution in [0.3, 0.4) is 0 Å². The Morgan fingerprint density at radius 3 is 2.53 bits per heavy atom. The second kappa shape index (κ2) is 5.83. The van der Waals surface area contributed by atoms with Gasteiger partial charge >= 0.3 is 0 Å². The van der Waals surface area contributed by atoms with Gasteiger partial charge in [-0.25, -0.2) is 0 Å². The van der Waals surface area contributed by atoms with Crippen LogP contribution in [0.4, 0.5) is 0 Å². The topological polar surface area (TPSA) is 64.3 Å². The van der Waals surface area contributed by atoms with Gasteiger partial charge in [0.05, 0.1) is 5.54 Å². The Morgan fingerprint density at radius 1 is 1.29 bits per heavy atom. The van der Waals surface area contributed by atoms with Gasteiger partial charge in [0.15, 0.2) is 0 Å². The monoisotopic (exact) mass is 240 g/mol. The summed E-state index contributed by atoms with van der Waals surface area (Å²) in [6, 6.07) is 0. The molecule has 0 aromatic carbocycles. The Kier molecular flexibility index (Phi) is 4.40. The highest BCUT2D eigenvalue weighted by atomic mass is 16.5. The molecule has 1 saturated heterocycles. The predicted octanol–water partition coefficient (Wildman–Crippen LogP) is 1.19. The Balaban J connectivity index is 1.79. The van der Waals surface area contributed by atoms with Crippen molar-refractivity contribution in [1.82, 2.24) is 5.32 Å². The fraction of sp³-hybridized carbons (Fsp3) is 0.923. The van der Waals surface area contributed by atoms with Gasteiger partial charge in [-0.05, 0) is 31.6 Å². The van der Waals surface area contributed by atoms with E-state index in [1.807, 2.05) is 0 Å². The van der Waals surface area contributed by atoms with E-state index in [1.165, 1.54) is 12.8 Å². The van der Waals surface area contributed by atoms with Gasteiger partial charge in [-0.2, -0.15) is 0 Å². The highest BCUT2D eigenvalue weighted by Gasteiger charge is 2.34. The van der Waals surface area contributed by atoms with Crippen molar-refractivity contribution in [2.75, 3.05) is 19.8 Å². The lowest BCUT2D eigenvalue weighted by Gasteiger charge is -2.30. The van der Waals surface area contributed by atoms with Crippen LogP contribution in [0.15, 0.2) is 0 Å². The average molecular weight is 240 g/mol. The van der Waals surface area contributed by atoms with Crippen molar-refractivity contribution in [3.05, 3.63) is 0 Å². The molecule has 4 heteroatoms. The van der Waals surface area contributed by atoms with Gasteiger partial charge in [-0.15, -0.1) is 0 Å². The predicted molar refractivity (Wildman–Crippen MR) is 66.6 cm³/mol. The molecular weight excluding hydrogens is 216 g/mol. The third-order valence-electron chi connectivity index (χ3n) is 4.17. The summed E-state index contributed by atoms with van der Waals surface area (Å²) in [5.74, 6) is 0.684. The fourth-order valence-electron chi connectivity index (χ4n) is 2.99. The van der Waals surface area contributed by atoms with E-state index < -0.39 is 0 Å². The van der Waals surface area contributed by atoms with Gasteiger partial charge in [0.1, 0.15) is 0 Å². The van der Waals surface area contributed by atoms with Crippen molar-refractivity contribution < 1.29 is 9.53 Å². The van der Waals surface area contributed by atoms with E-state index in [9.17, 15) is 4.79 Å². The van der Waals surface area contributed by atoms with Crippen molar-refractivity contribution in [3.8, 4) is 0 Å². The zero-order valence-corrected chi connectivity index (χ0v) is 10.5. The molecule has 0 radical (unpaired) electrons. The second-order valence-electron chi connectivity index (χ2n) is 5.50. The average Bonchev–Trinajstić information content (AvgIpc) is 2.79. The first-order valence-electron chi connectivity index (χ1n) is 6.83. The van der Waals surface area contributed by atoms with E-state index in [1.54, 1.807) is 0 Å². The Hall–Kier alpha value is -0.610. The van der Waals surface area contributed by atoms with Crippen LogP contribution < -0.4 is 11.1 Å². The molecule has 1 saturated carbocycles. The van der Waals surface area contributed by atoms with Crippen LogP contribution in [0.25, 0.3) is 0 Å². The van der Waals surface area contributed by atoms with Crippen LogP contribution in [0, 0.1) is 5.92 Å². The Labute approximate surface area is 103 Å². The molecule has 2 fully saturated rings. The summed E-state index contributed by atoms with van der Waals surface area (Å²) < 4.78 is 5.30. The number of ether oxygens (including phenoxy) is 1. The zero-order chi connectivity index (χ0) is 12.1. The molecule has 0 aromatic heterocycles. The standard InChI is InChI=1S/C13H24N2O2/c14-10-13(5-1-2-6-13)15-12(16)9-11-3-7-17-8-4-11/h11H,1-10,14H2,(H,15,16). The smallest absolute Gasteiger partial charge is 0.220 e. The molecule has 1 aliphatic carbocycles. The SMILES string of the molecule is NCC1(NC(=O)CC2CCOCC2)CCCC1. The minimum atomic E-state index is -0.0950. The summed E-state index contributed by atoms with van der Waals surface area (Å²) in [4.78, 5) is 12.0. The molecule has 0 unspecified atom stereocenters. The molecule has 1 aliphatic heterocycles. The molecule has 0 bridgehead atoms. The lowest BCUT2D eigenvalue weighted by molar-refractivity contribution is -0.124. The number of nitrogens with two attached hydrogens (primary N) is 1. The molecule has 1 amide bonds. The van der Waals surface area contributed by atoms with Crippen molar-refractivity contribution in [1.29, 1.82) is 0 Å². The molecule has 17 heavy (non-hydrogen) atoms. The third-order valence-corrected chi connectivity index (χ3v) is 4.17. The minimum Gasteiger partial charge on any atom is -0.381 e. The molecule has 2 rings (SSSR count). The molecule has 3 N–H and O–H groups in total. The molecule has 2 aliphatic rings. The maximum absolute atomic E-state index is 12.0. The summed E-state index contributed by atoms with van der Waals surface area (Å²) in [7, 11) is 0. The van der Waals surface area contributed by atoms with Gasteiger partial charge in [0, 0.05) is 26.2 Å². The van der Waals surface area contributed by atoms with Crippen LogP contribution in [0.5, 0.6) is 0 Å². The van der Waals surface area contributed by atoms with E-state index in [0.29, 0.717) is 18.9 Å². The van der Waals surface area contributed by atoms with E-state index in [0.717, 1.165) is 38.9 Å². The Bertz CT molecular complexity index is 256. The highest BCUT2D eigenvalue weighted by molar-refractivity contribution is 5.77. The maximum Gasteiger partial charge on any atom is 0.220 e. The van der Waals surface area contributed by atoms with E-state index in [2.05, 4.69) is 5.32 Å². The fourth-order valence-corrected chi connectivity index (χ4v) is 2.99. The molecule has 0 spiro atoms. The van der Waals surface area contributed by atoms with Crippen LogP contribution in [-0.2, 0) is 9.53 Å². The highest BCUT2D eigenvalue weighted by Crippen LogP contribution is 2.29. The molecule has 1 heterocycles. The van der Waals surface area contributed by atoms with E-state index in [-0.39, 0.29) is 11.4 Å². The number of rotatable bonds is 4. The second-order valence-corrected chi connectivity index (χ2v) is 5.50. The number of nitrogens with one attached hydrogen (secondary N) is 1. The number of amides is 1. The lowest BCUT2D eigenvalue weighted by Crippen LogP contribution is -2.52. The van der Waals surface area contributed by atoms with Crippen LogP contribution >= 0.6 is 0 Å². The van der Waals surface area contributed by atoms with E-state index >= 15 is 0 Å². The molecule has 4 nitrogen and oxygen atoms in total. The van der Waals surface area contributed by atoms with Gasteiger partial charge in [0.25, 0.3) is 0 Å². The summed E-state index contributed by atoms with van der Waals surface area (Å²) in [6.07, 6.45) is 7.15. The first-order chi connectivity index (χ1) is 8.24.